The summed E-state index contributed by atoms with van der Waals surface area (Å²) in [6.45, 7) is 6.56. The van der Waals surface area contributed by atoms with Crippen molar-refractivity contribution in [3.63, 3.8) is 0 Å². The van der Waals surface area contributed by atoms with Crippen LogP contribution in [0.3, 0.4) is 0 Å². The van der Waals surface area contributed by atoms with E-state index in [1.807, 2.05) is 43.4 Å². The molecule has 2 aromatic carbocycles. The number of hydrogen-bond donors (Lipinski definition) is 3. The highest BCUT2D eigenvalue weighted by atomic mass is 16.5. The van der Waals surface area contributed by atoms with Crippen molar-refractivity contribution >= 4 is 17.1 Å². The van der Waals surface area contributed by atoms with Gasteiger partial charge in [-0.1, -0.05) is 50.2 Å². The molecule has 0 fully saturated rings. The van der Waals surface area contributed by atoms with E-state index >= 15 is 0 Å². The quantitative estimate of drug-likeness (QED) is 0.427. The van der Waals surface area contributed by atoms with Crippen LogP contribution in [0.4, 0.5) is 0 Å². The average Bonchev–Trinajstić information content (AvgIpc) is 2.89. The lowest BCUT2D eigenvalue weighted by molar-refractivity contribution is 0.306. The standard InChI is InChI=1S/C29H35N5O/c1-20(2)22-6-4-21(5-7-22)19-35-26-10-8-23(9-11-26)27(28(30)24-12-15-32-16-13-24)29-33-17-14-25(34-29)18-31-3/h4-13,15-16,20,25,31H,14,17-19,30H2,1-3H3,(H,33,34). The molecule has 6 heteroatoms. The number of benzene rings is 2. The molecule has 4 rings (SSSR count). The Morgan fingerprint density at radius 3 is 2.40 bits per heavy atom. The summed E-state index contributed by atoms with van der Waals surface area (Å²) in [5, 5.41) is 6.83. The van der Waals surface area contributed by atoms with Gasteiger partial charge in [-0.25, -0.2) is 0 Å². The van der Waals surface area contributed by atoms with Gasteiger partial charge in [0.25, 0.3) is 0 Å². The third-order valence-electron chi connectivity index (χ3n) is 6.23. The molecule has 1 aromatic heterocycles. The Kier molecular flexibility index (Phi) is 8.16. The molecule has 1 aliphatic heterocycles. The van der Waals surface area contributed by atoms with Crippen molar-refractivity contribution in [2.24, 2.45) is 10.7 Å². The van der Waals surface area contributed by atoms with Crippen LogP contribution in [-0.2, 0) is 6.61 Å². The zero-order chi connectivity index (χ0) is 24.6. The number of aromatic nitrogens is 1. The van der Waals surface area contributed by atoms with E-state index in [9.17, 15) is 0 Å². The van der Waals surface area contributed by atoms with Crippen LogP contribution in [0.25, 0.3) is 11.3 Å². The van der Waals surface area contributed by atoms with Gasteiger partial charge < -0.3 is 21.1 Å². The number of rotatable bonds is 9. The van der Waals surface area contributed by atoms with Gasteiger partial charge in [0.2, 0.25) is 0 Å². The minimum atomic E-state index is 0.303. The SMILES string of the molecule is CNCC1CCN=C(C(=C(N)c2ccncc2)c2ccc(OCc3ccc(C(C)C)cc3)cc2)N1. The van der Waals surface area contributed by atoms with Gasteiger partial charge in [0.05, 0.1) is 5.70 Å². The topological polar surface area (TPSA) is 84.6 Å². The van der Waals surface area contributed by atoms with Crippen LogP contribution in [0, 0.1) is 0 Å². The van der Waals surface area contributed by atoms with Gasteiger partial charge in [0.15, 0.2) is 0 Å². The third-order valence-corrected chi connectivity index (χ3v) is 6.23. The first-order valence-corrected chi connectivity index (χ1v) is 12.2. The Morgan fingerprint density at radius 1 is 1.03 bits per heavy atom. The first-order chi connectivity index (χ1) is 17.0. The van der Waals surface area contributed by atoms with Crippen molar-refractivity contribution in [2.45, 2.75) is 38.8 Å². The Bertz CT molecular complexity index is 1150. The maximum absolute atomic E-state index is 6.71. The monoisotopic (exact) mass is 469 g/mol. The summed E-state index contributed by atoms with van der Waals surface area (Å²) in [4.78, 5) is 8.93. The minimum Gasteiger partial charge on any atom is -0.489 e. The first-order valence-electron chi connectivity index (χ1n) is 12.2. The lowest BCUT2D eigenvalue weighted by atomic mass is 9.97. The molecule has 3 aromatic rings. The second kappa shape index (κ2) is 11.7. The van der Waals surface area contributed by atoms with Gasteiger partial charge in [-0.05, 0) is 60.3 Å². The number of amidine groups is 1. The Morgan fingerprint density at radius 2 is 1.74 bits per heavy atom. The predicted molar refractivity (Wildman–Crippen MR) is 144 cm³/mol. The van der Waals surface area contributed by atoms with Crippen LogP contribution in [0.1, 0.15) is 48.4 Å². The molecule has 0 saturated heterocycles. The summed E-state index contributed by atoms with van der Waals surface area (Å²) < 4.78 is 6.06. The smallest absolute Gasteiger partial charge is 0.131 e. The summed E-state index contributed by atoms with van der Waals surface area (Å²) in [5.74, 6) is 2.16. The second-order valence-corrected chi connectivity index (χ2v) is 9.15. The molecule has 2 heterocycles. The molecule has 0 amide bonds. The Hall–Kier alpha value is -3.64. The van der Waals surface area contributed by atoms with Crippen molar-refractivity contribution in [3.8, 4) is 5.75 Å². The van der Waals surface area contributed by atoms with Crippen LogP contribution >= 0.6 is 0 Å². The molecular formula is C29H35N5O. The van der Waals surface area contributed by atoms with Crippen molar-refractivity contribution < 1.29 is 4.74 Å². The maximum atomic E-state index is 6.71. The third kappa shape index (κ3) is 6.28. The number of aliphatic imine (C=N–C) groups is 1. The van der Waals surface area contributed by atoms with Crippen LogP contribution in [-0.4, -0.2) is 37.0 Å². The lowest BCUT2D eigenvalue weighted by Gasteiger charge is -2.27. The fraction of sp³-hybridized carbons (Fsp3) is 0.310. The lowest BCUT2D eigenvalue weighted by Crippen LogP contribution is -2.45. The van der Waals surface area contributed by atoms with E-state index in [1.54, 1.807) is 12.4 Å². The highest BCUT2D eigenvalue weighted by Gasteiger charge is 2.22. The highest BCUT2D eigenvalue weighted by molar-refractivity contribution is 6.29. The largest absolute Gasteiger partial charge is 0.489 e. The van der Waals surface area contributed by atoms with Crippen LogP contribution < -0.4 is 21.1 Å². The molecule has 0 saturated carbocycles. The number of pyridine rings is 1. The summed E-state index contributed by atoms with van der Waals surface area (Å²) in [5.41, 5.74) is 12.7. The molecule has 35 heavy (non-hydrogen) atoms. The zero-order valence-corrected chi connectivity index (χ0v) is 20.8. The molecule has 0 spiro atoms. The van der Waals surface area contributed by atoms with Gasteiger partial charge >= 0.3 is 0 Å². The van der Waals surface area contributed by atoms with Crippen molar-refractivity contribution in [1.29, 1.82) is 0 Å². The number of nitrogens with one attached hydrogen (secondary N) is 2. The van der Waals surface area contributed by atoms with E-state index in [4.69, 9.17) is 15.5 Å². The molecule has 1 aliphatic rings. The molecule has 1 atom stereocenters. The number of likely N-dealkylation sites (N-methyl/N-ethyl adjacent to an activating group) is 1. The summed E-state index contributed by atoms with van der Waals surface area (Å²) in [6, 6.07) is 20.8. The van der Waals surface area contributed by atoms with E-state index in [1.165, 1.54) is 5.56 Å². The van der Waals surface area contributed by atoms with E-state index in [0.717, 1.165) is 53.4 Å². The molecule has 0 bridgehead atoms. The fourth-order valence-corrected chi connectivity index (χ4v) is 4.17. The molecule has 0 aliphatic carbocycles. The van der Waals surface area contributed by atoms with E-state index < -0.39 is 0 Å². The van der Waals surface area contributed by atoms with Gasteiger partial charge in [-0.15, -0.1) is 0 Å². The zero-order valence-electron chi connectivity index (χ0n) is 20.8. The van der Waals surface area contributed by atoms with Gasteiger partial charge in [-0.3, -0.25) is 9.98 Å². The Labute approximate surface area is 208 Å². The number of hydrogen-bond acceptors (Lipinski definition) is 6. The average molecular weight is 470 g/mol. The highest BCUT2D eigenvalue weighted by Crippen LogP contribution is 2.27. The molecule has 0 radical (unpaired) electrons. The van der Waals surface area contributed by atoms with Crippen molar-refractivity contribution in [1.82, 2.24) is 15.6 Å². The molecule has 1 unspecified atom stereocenters. The first kappa shape index (κ1) is 24.5. The minimum absolute atomic E-state index is 0.303. The van der Waals surface area contributed by atoms with E-state index in [-0.39, 0.29) is 0 Å². The normalized spacial score (nSPS) is 16.3. The van der Waals surface area contributed by atoms with Crippen LogP contribution in [0.2, 0.25) is 0 Å². The molecule has 6 nitrogen and oxygen atoms in total. The van der Waals surface area contributed by atoms with Gasteiger partial charge in [0.1, 0.15) is 18.2 Å². The predicted octanol–water partition coefficient (Wildman–Crippen LogP) is 4.59. The number of ether oxygens (including phenoxy) is 1. The number of nitrogens with zero attached hydrogens (tertiary/aromatic N) is 2. The van der Waals surface area contributed by atoms with Crippen molar-refractivity contribution in [3.05, 3.63) is 95.3 Å². The molecule has 182 valence electrons. The van der Waals surface area contributed by atoms with Crippen LogP contribution in [0.5, 0.6) is 5.75 Å². The van der Waals surface area contributed by atoms with Crippen molar-refractivity contribution in [2.75, 3.05) is 20.1 Å². The number of nitrogens with two attached hydrogens (primary N) is 1. The summed E-state index contributed by atoms with van der Waals surface area (Å²) >= 11 is 0. The summed E-state index contributed by atoms with van der Waals surface area (Å²) in [7, 11) is 1.96. The van der Waals surface area contributed by atoms with E-state index in [2.05, 4.69) is 53.7 Å². The maximum Gasteiger partial charge on any atom is 0.131 e. The molecule has 4 N–H and O–H groups in total. The van der Waals surface area contributed by atoms with Gasteiger partial charge in [0, 0.05) is 42.7 Å². The van der Waals surface area contributed by atoms with Gasteiger partial charge in [-0.2, -0.15) is 0 Å². The second-order valence-electron chi connectivity index (χ2n) is 9.15. The summed E-state index contributed by atoms with van der Waals surface area (Å²) in [6.07, 6.45) is 4.49. The van der Waals surface area contributed by atoms with Crippen LogP contribution in [0.15, 0.2) is 78.0 Å². The molecular weight excluding hydrogens is 434 g/mol. The Balaban J connectivity index is 1.56. The fourth-order valence-electron chi connectivity index (χ4n) is 4.17. The van der Waals surface area contributed by atoms with E-state index in [0.29, 0.717) is 24.3 Å².